The fourth-order valence-electron chi connectivity index (χ4n) is 3.77. The highest BCUT2D eigenvalue weighted by molar-refractivity contribution is 6.39. The minimum atomic E-state index is -0.852. The quantitative estimate of drug-likeness (QED) is 0.316. The summed E-state index contributed by atoms with van der Waals surface area (Å²) in [6.07, 6.45) is 1.36. The first-order valence-corrected chi connectivity index (χ1v) is 12.1. The van der Waals surface area contributed by atoms with Gasteiger partial charge < -0.3 is 19.5 Å². The van der Waals surface area contributed by atoms with Gasteiger partial charge in [-0.1, -0.05) is 23.8 Å². The highest BCUT2D eigenvalue weighted by Crippen LogP contribution is 2.30. The van der Waals surface area contributed by atoms with Crippen LogP contribution < -0.4 is 29.7 Å². The maximum Gasteiger partial charge on any atom is 0.335 e. The molecule has 0 bridgehead atoms. The van der Waals surface area contributed by atoms with E-state index in [1.54, 1.807) is 49.4 Å². The number of nitrogens with zero attached hydrogens (tertiary/aromatic N) is 1. The van der Waals surface area contributed by atoms with Gasteiger partial charge in [-0.05, 0) is 74.0 Å². The molecular formula is C29H27N3O7. The van der Waals surface area contributed by atoms with Crippen LogP contribution in [0.2, 0.25) is 0 Å². The van der Waals surface area contributed by atoms with Crippen LogP contribution in [0.25, 0.3) is 6.08 Å². The number of anilines is 2. The third kappa shape index (κ3) is 6.42. The molecule has 1 heterocycles. The van der Waals surface area contributed by atoms with Gasteiger partial charge in [0.15, 0.2) is 18.1 Å². The van der Waals surface area contributed by atoms with Crippen molar-refractivity contribution in [3.8, 4) is 17.2 Å². The number of amides is 5. The second-order valence-corrected chi connectivity index (χ2v) is 8.50. The topological polar surface area (TPSA) is 123 Å². The lowest BCUT2D eigenvalue weighted by Crippen LogP contribution is -2.54. The molecule has 1 saturated heterocycles. The first kappa shape index (κ1) is 26.9. The molecule has 5 amide bonds. The lowest BCUT2D eigenvalue weighted by atomic mass is 10.1. The highest BCUT2D eigenvalue weighted by Gasteiger charge is 2.36. The fourth-order valence-corrected chi connectivity index (χ4v) is 3.77. The molecule has 1 aliphatic heterocycles. The van der Waals surface area contributed by atoms with E-state index in [0.717, 1.165) is 10.5 Å². The van der Waals surface area contributed by atoms with Crippen LogP contribution in [0.5, 0.6) is 17.2 Å². The molecular weight excluding hydrogens is 502 g/mol. The molecule has 3 aromatic rings. The molecule has 0 aliphatic carbocycles. The predicted molar refractivity (Wildman–Crippen MR) is 145 cm³/mol. The summed E-state index contributed by atoms with van der Waals surface area (Å²) >= 11 is 0. The number of hydrogen-bond acceptors (Lipinski definition) is 7. The van der Waals surface area contributed by atoms with Gasteiger partial charge in [0.1, 0.15) is 11.3 Å². The molecule has 0 spiro atoms. The first-order chi connectivity index (χ1) is 18.8. The second kappa shape index (κ2) is 12.0. The Bertz CT molecular complexity index is 1430. The molecule has 0 aromatic heterocycles. The van der Waals surface area contributed by atoms with Crippen molar-refractivity contribution in [1.29, 1.82) is 0 Å². The zero-order valence-electron chi connectivity index (χ0n) is 21.6. The van der Waals surface area contributed by atoms with Gasteiger partial charge in [-0.15, -0.1) is 0 Å². The van der Waals surface area contributed by atoms with Gasteiger partial charge in [0, 0.05) is 5.69 Å². The average molecular weight is 530 g/mol. The van der Waals surface area contributed by atoms with E-state index in [0.29, 0.717) is 35.1 Å². The van der Waals surface area contributed by atoms with Gasteiger partial charge in [-0.25, -0.2) is 9.69 Å². The number of rotatable bonds is 9. The number of hydrogen-bond donors (Lipinski definition) is 2. The third-order valence-corrected chi connectivity index (χ3v) is 5.71. The molecule has 0 saturated carbocycles. The Labute approximate surface area is 225 Å². The van der Waals surface area contributed by atoms with Crippen molar-refractivity contribution in [2.75, 3.05) is 30.5 Å². The molecule has 0 atom stereocenters. The van der Waals surface area contributed by atoms with Crippen LogP contribution in [-0.4, -0.2) is 44.1 Å². The molecule has 1 fully saturated rings. The Balaban J connectivity index is 1.52. The Morgan fingerprint density at radius 3 is 2.33 bits per heavy atom. The van der Waals surface area contributed by atoms with Crippen LogP contribution in [0, 0.1) is 6.92 Å². The zero-order chi connectivity index (χ0) is 27.9. The molecule has 10 nitrogen and oxygen atoms in total. The van der Waals surface area contributed by atoms with Crippen molar-refractivity contribution in [2.45, 2.75) is 13.8 Å². The van der Waals surface area contributed by atoms with Crippen molar-refractivity contribution in [3.63, 3.8) is 0 Å². The summed E-state index contributed by atoms with van der Waals surface area (Å²) < 4.78 is 16.5. The van der Waals surface area contributed by atoms with E-state index in [4.69, 9.17) is 14.2 Å². The van der Waals surface area contributed by atoms with E-state index < -0.39 is 17.8 Å². The minimum Gasteiger partial charge on any atom is -0.497 e. The smallest absolute Gasteiger partial charge is 0.335 e. The maximum atomic E-state index is 13.2. The molecule has 200 valence electrons. The van der Waals surface area contributed by atoms with Crippen LogP contribution in [0.4, 0.5) is 16.2 Å². The summed E-state index contributed by atoms with van der Waals surface area (Å²) in [6, 6.07) is 17.6. The number of imide groups is 2. The molecule has 2 N–H and O–H groups in total. The van der Waals surface area contributed by atoms with E-state index in [1.807, 2.05) is 19.1 Å². The second-order valence-electron chi connectivity index (χ2n) is 8.50. The summed E-state index contributed by atoms with van der Waals surface area (Å²) in [6.45, 7) is 3.80. The predicted octanol–water partition coefficient (Wildman–Crippen LogP) is 4.09. The summed E-state index contributed by atoms with van der Waals surface area (Å²) in [5.74, 6) is -0.760. The van der Waals surface area contributed by atoms with E-state index in [1.165, 1.54) is 25.3 Å². The Hall–Kier alpha value is -5.12. The van der Waals surface area contributed by atoms with Crippen LogP contribution in [0.1, 0.15) is 18.1 Å². The monoisotopic (exact) mass is 529 g/mol. The van der Waals surface area contributed by atoms with E-state index in [2.05, 4.69) is 10.6 Å². The number of aryl methyl sites for hydroxylation is 1. The van der Waals surface area contributed by atoms with Gasteiger partial charge in [0.05, 0.1) is 19.4 Å². The maximum absolute atomic E-state index is 13.2. The number of urea groups is 1. The standard InChI is InChI=1S/C29H27N3O7/c1-4-38-25-16-19(7-14-24(25)39-17-26(33)30-20-8-5-18(2)6-9-20)15-23-27(34)31-29(36)32(28(23)35)21-10-12-22(37-3)13-11-21/h5-16H,4,17H2,1-3H3,(H,30,33)(H,31,34,36)/b23-15+. The average Bonchev–Trinajstić information content (AvgIpc) is 2.92. The van der Waals surface area contributed by atoms with Gasteiger partial charge in [-0.3, -0.25) is 19.7 Å². The van der Waals surface area contributed by atoms with Crippen molar-refractivity contribution in [2.24, 2.45) is 0 Å². The number of barbiturate groups is 1. The van der Waals surface area contributed by atoms with E-state index >= 15 is 0 Å². The number of ether oxygens (including phenoxy) is 3. The molecule has 0 unspecified atom stereocenters. The molecule has 39 heavy (non-hydrogen) atoms. The lowest BCUT2D eigenvalue weighted by Gasteiger charge is -2.26. The molecule has 0 radical (unpaired) electrons. The Morgan fingerprint density at radius 2 is 1.67 bits per heavy atom. The molecule has 4 rings (SSSR count). The van der Waals surface area contributed by atoms with E-state index in [-0.39, 0.29) is 23.8 Å². The normalized spacial score (nSPS) is 14.2. The Morgan fingerprint density at radius 1 is 0.949 bits per heavy atom. The number of nitrogens with one attached hydrogen (secondary N) is 2. The SMILES string of the molecule is CCOc1cc(/C=C2\C(=O)NC(=O)N(c3ccc(OC)cc3)C2=O)ccc1OCC(=O)Nc1ccc(C)cc1. The van der Waals surface area contributed by atoms with Crippen molar-refractivity contribution in [1.82, 2.24) is 5.32 Å². The van der Waals surface area contributed by atoms with Crippen LogP contribution in [-0.2, 0) is 14.4 Å². The number of carbonyl (C=O) groups is 4. The van der Waals surface area contributed by atoms with Crippen LogP contribution in [0.3, 0.4) is 0 Å². The third-order valence-electron chi connectivity index (χ3n) is 5.71. The van der Waals surface area contributed by atoms with Gasteiger partial charge in [0.25, 0.3) is 17.7 Å². The molecule has 3 aromatic carbocycles. The van der Waals surface area contributed by atoms with Crippen LogP contribution >= 0.6 is 0 Å². The van der Waals surface area contributed by atoms with Crippen molar-refractivity contribution in [3.05, 3.63) is 83.4 Å². The summed E-state index contributed by atoms with van der Waals surface area (Å²) in [5.41, 5.74) is 2.22. The summed E-state index contributed by atoms with van der Waals surface area (Å²) in [5, 5.41) is 4.95. The number of carbonyl (C=O) groups excluding carboxylic acids is 4. The number of methoxy groups -OCH3 is 1. The minimum absolute atomic E-state index is 0.237. The van der Waals surface area contributed by atoms with E-state index in [9.17, 15) is 19.2 Å². The fraction of sp³-hybridized carbons (Fsp3) is 0.172. The number of benzene rings is 3. The van der Waals surface area contributed by atoms with Gasteiger partial charge in [0.2, 0.25) is 0 Å². The first-order valence-electron chi connectivity index (χ1n) is 12.1. The zero-order valence-corrected chi connectivity index (χ0v) is 21.6. The Kier molecular flexibility index (Phi) is 8.25. The van der Waals surface area contributed by atoms with Gasteiger partial charge in [-0.2, -0.15) is 0 Å². The molecule has 10 heteroatoms. The largest absolute Gasteiger partial charge is 0.497 e. The van der Waals surface area contributed by atoms with Gasteiger partial charge >= 0.3 is 6.03 Å². The van der Waals surface area contributed by atoms with Crippen molar-refractivity contribution >= 4 is 41.2 Å². The summed E-state index contributed by atoms with van der Waals surface area (Å²) in [7, 11) is 1.50. The summed E-state index contributed by atoms with van der Waals surface area (Å²) in [4.78, 5) is 51.4. The van der Waals surface area contributed by atoms with Crippen LogP contribution in [0.15, 0.2) is 72.3 Å². The highest BCUT2D eigenvalue weighted by atomic mass is 16.5. The molecule has 1 aliphatic rings. The lowest BCUT2D eigenvalue weighted by molar-refractivity contribution is -0.122. The van der Waals surface area contributed by atoms with Crippen molar-refractivity contribution < 1.29 is 33.4 Å².